The molecule has 140 valence electrons. The van der Waals surface area contributed by atoms with Gasteiger partial charge in [0.15, 0.2) is 0 Å². The molecule has 3 heteroatoms. The number of aliphatic hydroxyl groups is 1. The van der Waals surface area contributed by atoms with Crippen LogP contribution in [0.25, 0.3) is 22.5 Å². The Labute approximate surface area is 165 Å². The minimum absolute atomic E-state index is 0.430. The van der Waals surface area contributed by atoms with Crippen LogP contribution in [0.5, 0.6) is 0 Å². The second kappa shape index (κ2) is 8.68. The van der Waals surface area contributed by atoms with Crippen molar-refractivity contribution in [1.29, 1.82) is 0 Å². The minimum atomic E-state index is -0.430. The molecule has 0 aliphatic carbocycles. The van der Waals surface area contributed by atoms with Crippen LogP contribution in [0.2, 0.25) is 0 Å². The van der Waals surface area contributed by atoms with Gasteiger partial charge in [-0.05, 0) is 18.4 Å². The zero-order valence-corrected chi connectivity index (χ0v) is 15.8. The van der Waals surface area contributed by atoms with Crippen LogP contribution < -0.4 is 0 Å². The van der Waals surface area contributed by atoms with Crippen molar-refractivity contribution in [2.75, 3.05) is 0 Å². The summed E-state index contributed by atoms with van der Waals surface area (Å²) in [5.74, 6) is 0. The molecule has 28 heavy (non-hydrogen) atoms. The number of rotatable bonds is 7. The lowest BCUT2D eigenvalue weighted by molar-refractivity contribution is 0.145. The molecule has 1 N–H and O–H groups in total. The first-order valence-electron chi connectivity index (χ1n) is 9.69. The molecule has 0 amide bonds. The molecule has 0 radical (unpaired) electrons. The van der Waals surface area contributed by atoms with E-state index in [4.69, 9.17) is 0 Å². The van der Waals surface area contributed by atoms with Crippen LogP contribution in [-0.2, 0) is 13.0 Å². The number of benzene rings is 3. The van der Waals surface area contributed by atoms with Gasteiger partial charge in [0.1, 0.15) is 0 Å². The summed E-state index contributed by atoms with van der Waals surface area (Å²) < 4.78 is 2.08. The maximum Gasteiger partial charge on any atom is 0.0963 e. The lowest BCUT2D eigenvalue weighted by atomic mass is 10.0. The summed E-state index contributed by atoms with van der Waals surface area (Å²) in [6.07, 6.45) is 3.00. The summed E-state index contributed by atoms with van der Waals surface area (Å²) in [7, 11) is 0. The monoisotopic (exact) mass is 368 g/mol. The number of hydrogen-bond donors (Lipinski definition) is 1. The van der Waals surface area contributed by atoms with E-state index in [2.05, 4.69) is 45.9 Å². The van der Waals surface area contributed by atoms with Gasteiger partial charge in [-0.25, -0.2) is 4.98 Å². The number of hydrogen-bond acceptors (Lipinski definition) is 2. The molecule has 0 saturated carbocycles. The van der Waals surface area contributed by atoms with E-state index in [1.807, 2.05) is 60.9 Å². The lowest BCUT2D eigenvalue weighted by Gasteiger charge is -2.15. The Morgan fingerprint density at radius 3 is 1.96 bits per heavy atom. The number of aromatic nitrogens is 2. The van der Waals surface area contributed by atoms with Crippen LogP contribution in [0.1, 0.15) is 12.0 Å². The average molecular weight is 368 g/mol. The zero-order valence-electron chi connectivity index (χ0n) is 15.8. The lowest BCUT2D eigenvalue weighted by Crippen LogP contribution is -2.17. The van der Waals surface area contributed by atoms with Gasteiger partial charge in [-0.1, -0.05) is 91.0 Å². The van der Waals surface area contributed by atoms with Crippen LogP contribution in [0.3, 0.4) is 0 Å². The largest absolute Gasteiger partial charge is 0.391 e. The van der Waals surface area contributed by atoms with Crippen LogP contribution in [0.15, 0.2) is 97.3 Å². The Morgan fingerprint density at radius 1 is 0.750 bits per heavy atom. The van der Waals surface area contributed by atoms with Crippen molar-refractivity contribution in [2.24, 2.45) is 0 Å². The summed E-state index contributed by atoms with van der Waals surface area (Å²) in [6, 6.07) is 30.8. The topological polar surface area (TPSA) is 38.0 Å². The van der Waals surface area contributed by atoms with Crippen LogP contribution in [0.4, 0.5) is 0 Å². The molecule has 1 unspecified atom stereocenters. The number of aliphatic hydroxyl groups excluding tert-OH is 1. The molecule has 0 bridgehead atoms. The van der Waals surface area contributed by atoms with Crippen molar-refractivity contribution in [1.82, 2.24) is 9.55 Å². The molecule has 4 rings (SSSR count). The number of aryl methyl sites for hydroxylation is 1. The van der Waals surface area contributed by atoms with E-state index >= 15 is 0 Å². The van der Waals surface area contributed by atoms with Crippen LogP contribution >= 0.6 is 0 Å². The SMILES string of the molecule is OC(CCc1ccccc1)Cn1cnc(-c2ccccc2)c1-c1ccccc1. The normalized spacial score (nSPS) is 12.0. The molecule has 1 aromatic heterocycles. The van der Waals surface area contributed by atoms with E-state index in [-0.39, 0.29) is 0 Å². The number of nitrogens with zero attached hydrogens (tertiary/aromatic N) is 2. The quantitative estimate of drug-likeness (QED) is 0.486. The Bertz CT molecular complexity index is 995. The summed E-state index contributed by atoms with van der Waals surface area (Å²) in [6.45, 7) is 0.525. The molecule has 0 saturated heterocycles. The van der Waals surface area contributed by atoms with Crippen LogP contribution in [0, 0.1) is 0 Å². The van der Waals surface area contributed by atoms with E-state index in [0.29, 0.717) is 6.54 Å². The highest BCUT2D eigenvalue weighted by atomic mass is 16.3. The van der Waals surface area contributed by atoms with E-state index in [1.165, 1.54) is 5.56 Å². The molecule has 4 aromatic rings. The highest BCUT2D eigenvalue weighted by molar-refractivity contribution is 5.78. The molecule has 1 heterocycles. The van der Waals surface area contributed by atoms with Gasteiger partial charge in [-0.2, -0.15) is 0 Å². The van der Waals surface area contributed by atoms with Gasteiger partial charge in [0.05, 0.1) is 30.4 Å². The van der Waals surface area contributed by atoms with Crippen molar-refractivity contribution in [3.63, 3.8) is 0 Å². The molecule has 0 aliphatic heterocycles. The molecular formula is C25H24N2O. The van der Waals surface area contributed by atoms with Gasteiger partial charge in [0, 0.05) is 11.1 Å². The smallest absolute Gasteiger partial charge is 0.0963 e. The molecular weight excluding hydrogens is 344 g/mol. The molecule has 3 aromatic carbocycles. The van der Waals surface area contributed by atoms with E-state index in [9.17, 15) is 5.11 Å². The third-order valence-electron chi connectivity index (χ3n) is 4.95. The van der Waals surface area contributed by atoms with Gasteiger partial charge in [-0.15, -0.1) is 0 Å². The summed E-state index contributed by atoms with van der Waals surface area (Å²) in [5, 5.41) is 10.7. The van der Waals surface area contributed by atoms with Crippen molar-refractivity contribution in [3.8, 4) is 22.5 Å². The van der Waals surface area contributed by atoms with Crippen molar-refractivity contribution < 1.29 is 5.11 Å². The van der Waals surface area contributed by atoms with Gasteiger partial charge in [0.25, 0.3) is 0 Å². The van der Waals surface area contributed by atoms with Gasteiger partial charge >= 0.3 is 0 Å². The molecule has 3 nitrogen and oxygen atoms in total. The standard InChI is InChI=1S/C25H24N2O/c28-23(17-16-20-10-4-1-5-11-20)18-27-19-26-24(21-12-6-2-7-13-21)25(27)22-14-8-3-9-15-22/h1-15,19,23,28H,16-18H2. The maximum atomic E-state index is 10.7. The van der Waals surface area contributed by atoms with Crippen molar-refractivity contribution >= 4 is 0 Å². The second-order valence-electron chi connectivity index (χ2n) is 7.00. The Kier molecular flexibility index (Phi) is 5.64. The highest BCUT2D eigenvalue weighted by Crippen LogP contribution is 2.31. The fraction of sp³-hybridized carbons (Fsp3) is 0.160. The number of imidazole rings is 1. The first-order chi connectivity index (χ1) is 13.8. The predicted octanol–water partition coefficient (Wildman–Crippen LogP) is 5.21. The Morgan fingerprint density at radius 2 is 1.32 bits per heavy atom. The van der Waals surface area contributed by atoms with E-state index in [0.717, 1.165) is 35.4 Å². The molecule has 0 spiro atoms. The first-order valence-corrected chi connectivity index (χ1v) is 9.69. The van der Waals surface area contributed by atoms with Gasteiger partial charge in [0.2, 0.25) is 0 Å². The third kappa shape index (κ3) is 4.21. The van der Waals surface area contributed by atoms with E-state index in [1.54, 1.807) is 0 Å². The minimum Gasteiger partial charge on any atom is -0.391 e. The summed E-state index contributed by atoms with van der Waals surface area (Å²) in [4.78, 5) is 4.69. The highest BCUT2D eigenvalue weighted by Gasteiger charge is 2.17. The summed E-state index contributed by atoms with van der Waals surface area (Å²) >= 11 is 0. The van der Waals surface area contributed by atoms with Gasteiger partial charge < -0.3 is 9.67 Å². The molecule has 0 aliphatic rings. The Hall–Kier alpha value is -3.17. The maximum absolute atomic E-state index is 10.7. The third-order valence-corrected chi connectivity index (χ3v) is 4.95. The second-order valence-corrected chi connectivity index (χ2v) is 7.00. The zero-order chi connectivity index (χ0) is 19.2. The van der Waals surface area contributed by atoms with Crippen molar-refractivity contribution in [3.05, 3.63) is 103 Å². The average Bonchev–Trinajstić information content (AvgIpc) is 3.17. The van der Waals surface area contributed by atoms with Gasteiger partial charge in [-0.3, -0.25) is 0 Å². The Balaban J connectivity index is 1.59. The van der Waals surface area contributed by atoms with Crippen LogP contribution in [-0.4, -0.2) is 20.8 Å². The summed E-state index contributed by atoms with van der Waals surface area (Å²) in [5.41, 5.74) is 5.43. The predicted molar refractivity (Wildman–Crippen MR) is 114 cm³/mol. The molecule has 1 atom stereocenters. The first kappa shape index (κ1) is 18.2. The fourth-order valence-corrected chi connectivity index (χ4v) is 3.52. The van der Waals surface area contributed by atoms with E-state index < -0.39 is 6.10 Å². The van der Waals surface area contributed by atoms with Crippen molar-refractivity contribution in [2.45, 2.75) is 25.5 Å². The fourth-order valence-electron chi connectivity index (χ4n) is 3.52. The molecule has 0 fully saturated rings.